The number of nitrogens with zero attached hydrogens (tertiary/aromatic N) is 3. The third kappa shape index (κ3) is 7.82. The molecule has 10 nitrogen and oxygen atoms in total. The Bertz CT molecular complexity index is 1090. The Labute approximate surface area is 230 Å². The molecule has 39 heavy (non-hydrogen) atoms. The van der Waals surface area contributed by atoms with Gasteiger partial charge < -0.3 is 29.7 Å². The van der Waals surface area contributed by atoms with E-state index in [-0.39, 0.29) is 30.0 Å². The lowest BCUT2D eigenvalue weighted by Crippen LogP contribution is -2.53. The standard InChI is InChI=1S/C28H39BN4O6/c1-27(2,33-14-15-38-28(20-33)11-12-28)17-22(18-30)25(34)32-13-7-6-10-23(19-32)39-26(35)31-24(29(36)37)16-21-8-4-3-5-9-21/h3-5,8-9,17,23-24,36-37H,6-7,10-16,19-20H2,1-2H3,(H,31,35)/b22-17+/t23-,24+/m1/s1. The first kappa shape index (κ1) is 29.1. The van der Waals surface area contributed by atoms with Gasteiger partial charge in [-0.1, -0.05) is 30.3 Å². The van der Waals surface area contributed by atoms with E-state index < -0.39 is 30.8 Å². The van der Waals surface area contributed by atoms with E-state index in [9.17, 15) is 24.9 Å². The van der Waals surface area contributed by atoms with Gasteiger partial charge in [-0.25, -0.2) is 4.79 Å². The number of likely N-dealkylation sites (tertiary alicyclic amines) is 1. The summed E-state index contributed by atoms with van der Waals surface area (Å²) in [7, 11) is -1.77. The summed E-state index contributed by atoms with van der Waals surface area (Å²) in [4.78, 5) is 30.0. The van der Waals surface area contributed by atoms with E-state index in [4.69, 9.17) is 9.47 Å². The fourth-order valence-corrected chi connectivity index (χ4v) is 5.35. The van der Waals surface area contributed by atoms with Gasteiger partial charge in [0.1, 0.15) is 17.7 Å². The van der Waals surface area contributed by atoms with Gasteiger partial charge in [-0.2, -0.15) is 5.26 Å². The smallest absolute Gasteiger partial charge is 0.444 e. The molecule has 1 aromatic carbocycles. The highest BCUT2D eigenvalue weighted by Gasteiger charge is 2.49. The minimum atomic E-state index is -1.77. The summed E-state index contributed by atoms with van der Waals surface area (Å²) in [5.74, 6) is -1.32. The predicted octanol–water partition coefficient (Wildman–Crippen LogP) is 1.81. The largest absolute Gasteiger partial charge is 0.475 e. The number of hydrogen-bond donors (Lipinski definition) is 3. The molecule has 2 heterocycles. The number of nitrogens with one attached hydrogen (secondary N) is 1. The van der Waals surface area contributed by atoms with Gasteiger partial charge in [-0.15, -0.1) is 0 Å². The molecule has 3 aliphatic rings. The molecule has 2 atom stereocenters. The number of carbonyl (C=O) groups is 2. The van der Waals surface area contributed by atoms with Crippen LogP contribution in [0.1, 0.15) is 51.5 Å². The van der Waals surface area contributed by atoms with Crippen molar-refractivity contribution < 1.29 is 29.1 Å². The Hall–Kier alpha value is -2.91. The SMILES string of the molecule is CC(C)(/C=C(\C#N)C(=O)N1CCCC[C@@H](OC(=O)N[C@@H](Cc2ccccc2)B(O)O)C1)N1CCOC2(CC2)C1. The monoisotopic (exact) mass is 538 g/mol. The molecule has 2 aliphatic heterocycles. The maximum Gasteiger partial charge on any atom is 0.475 e. The van der Waals surface area contributed by atoms with Crippen LogP contribution in [0, 0.1) is 11.3 Å². The highest BCUT2D eigenvalue weighted by Crippen LogP contribution is 2.43. The molecule has 11 heteroatoms. The van der Waals surface area contributed by atoms with Crippen molar-refractivity contribution in [3.63, 3.8) is 0 Å². The second kappa shape index (κ2) is 12.5. The molecular weight excluding hydrogens is 499 g/mol. The lowest BCUT2D eigenvalue weighted by molar-refractivity contribution is -0.128. The zero-order valence-corrected chi connectivity index (χ0v) is 22.8. The van der Waals surface area contributed by atoms with Gasteiger partial charge in [-0.3, -0.25) is 9.69 Å². The van der Waals surface area contributed by atoms with Crippen LogP contribution < -0.4 is 5.32 Å². The Morgan fingerprint density at radius 3 is 2.69 bits per heavy atom. The van der Waals surface area contributed by atoms with Crippen molar-refractivity contribution in [1.82, 2.24) is 15.1 Å². The van der Waals surface area contributed by atoms with E-state index in [0.29, 0.717) is 19.6 Å². The maximum atomic E-state index is 13.5. The summed E-state index contributed by atoms with van der Waals surface area (Å²) < 4.78 is 11.5. The van der Waals surface area contributed by atoms with Crippen molar-refractivity contribution in [2.75, 3.05) is 32.8 Å². The molecule has 0 bridgehead atoms. The second-order valence-electron chi connectivity index (χ2n) is 11.4. The lowest BCUT2D eigenvalue weighted by atomic mass is 9.76. The molecule has 3 N–H and O–H groups in total. The summed E-state index contributed by atoms with van der Waals surface area (Å²) >= 11 is 0. The molecule has 0 aromatic heterocycles. The number of ether oxygens (including phenoxy) is 2. The molecule has 210 valence electrons. The Morgan fingerprint density at radius 1 is 1.28 bits per heavy atom. The van der Waals surface area contributed by atoms with E-state index in [1.54, 1.807) is 11.0 Å². The number of alkyl carbamates (subject to hydrolysis) is 1. The van der Waals surface area contributed by atoms with Crippen LogP contribution in [-0.2, 0) is 20.7 Å². The summed E-state index contributed by atoms with van der Waals surface area (Å²) in [6, 6.07) is 11.3. The molecule has 0 radical (unpaired) electrons. The van der Waals surface area contributed by atoms with Crippen LogP contribution in [0.4, 0.5) is 4.79 Å². The van der Waals surface area contributed by atoms with Crippen LogP contribution in [0.15, 0.2) is 42.0 Å². The van der Waals surface area contributed by atoms with Crippen molar-refractivity contribution in [3.05, 3.63) is 47.5 Å². The molecule has 0 unspecified atom stereocenters. The Kier molecular flexibility index (Phi) is 9.33. The van der Waals surface area contributed by atoms with Crippen molar-refractivity contribution in [2.45, 2.75) is 75.6 Å². The van der Waals surface area contributed by atoms with Gasteiger partial charge in [0.15, 0.2) is 0 Å². The van der Waals surface area contributed by atoms with Crippen LogP contribution in [0.2, 0.25) is 0 Å². The summed E-state index contributed by atoms with van der Waals surface area (Å²) in [5.41, 5.74) is 0.348. The Morgan fingerprint density at radius 2 is 2.03 bits per heavy atom. The Balaban J connectivity index is 1.37. The average molecular weight is 538 g/mol. The van der Waals surface area contributed by atoms with Gasteiger partial charge in [0.25, 0.3) is 5.91 Å². The van der Waals surface area contributed by atoms with Crippen molar-refractivity contribution in [1.29, 1.82) is 5.26 Å². The number of amides is 2. The molecule has 1 aliphatic carbocycles. The summed E-state index contributed by atoms with van der Waals surface area (Å²) in [6.07, 6.45) is 4.75. The van der Waals surface area contributed by atoms with E-state index in [0.717, 1.165) is 44.3 Å². The van der Waals surface area contributed by atoms with Crippen molar-refractivity contribution in [3.8, 4) is 6.07 Å². The van der Waals surface area contributed by atoms with E-state index in [2.05, 4.69) is 16.3 Å². The van der Waals surface area contributed by atoms with Gasteiger partial charge >= 0.3 is 13.2 Å². The highest BCUT2D eigenvalue weighted by molar-refractivity contribution is 6.43. The number of hydrogen-bond acceptors (Lipinski definition) is 8. The summed E-state index contributed by atoms with van der Waals surface area (Å²) in [6.45, 7) is 6.81. The second-order valence-corrected chi connectivity index (χ2v) is 11.4. The fourth-order valence-electron chi connectivity index (χ4n) is 5.35. The first-order valence-electron chi connectivity index (χ1n) is 13.8. The van der Waals surface area contributed by atoms with Crippen LogP contribution >= 0.6 is 0 Å². The zero-order valence-electron chi connectivity index (χ0n) is 22.8. The minimum Gasteiger partial charge on any atom is -0.444 e. The molecule has 1 spiro atoms. The predicted molar refractivity (Wildman–Crippen MR) is 145 cm³/mol. The number of morpholine rings is 1. The summed E-state index contributed by atoms with van der Waals surface area (Å²) in [5, 5.41) is 32.0. The average Bonchev–Trinajstić information content (AvgIpc) is 3.70. The number of carbonyl (C=O) groups excluding carboxylic acids is 2. The van der Waals surface area contributed by atoms with Crippen LogP contribution in [-0.4, -0.2) is 94.9 Å². The first-order valence-corrected chi connectivity index (χ1v) is 13.8. The maximum absolute atomic E-state index is 13.5. The zero-order chi connectivity index (χ0) is 28.0. The molecular formula is C28H39BN4O6. The fraction of sp³-hybridized carbons (Fsp3) is 0.607. The van der Waals surface area contributed by atoms with E-state index in [1.165, 1.54) is 0 Å². The third-order valence-corrected chi connectivity index (χ3v) is 7.87. The lowest BCUT2D eigenvalue weighted by Gasteiger charge is -2.42. The number of benzene rings is 1. The molecule has 3 fully saturated rings. The topological polar surface area (TPSA) is 135 Å². The van der Waals surface area contributed by atoms with Gasteiger partial charge in [-0.05, 0) is 64.0 Å². The van der Waals surface area contributed by atoms with E-state index in [1.807, 2.05) is 44.2 Å². The minimum absolute atomic E-state index is 0.0672. The van der Waals surface area contributed by atoms with Crippen LogP contribution in [0.25, 0.3) is 0 Å². The van der Waals surface area contributed by atoms with Gasteiger partial charge in [0.05, 0.1) is 24.7 Å². The quantitative estimate of drug-likeness (QED) is 0.259. The molecule has 4 rings (SSSR count). The van der Waals surface area contributed by atoms with Crippen molar-refractivity contribution in [2.24, 2.45) is 0 Å². The van der Waals surface area contributed by atoms with Crippen LogP contribution in [0.3, 0.4) is 0 Å². The molecule has 1 saturated carbocycles. The number of rotatable bonds is 8. The number of nitriles is 1. The first-order chi connectivity index (χ1) is 18.6. The molecule has 1 aromatic rings. The normalized spacial score (nSPS) is 22.4. The van der Waals surface area contributed by atoms with E-state index >= 15 is 0 Å². The molecule has 2 amide bonds. The van der Waals surface area contributed by atoms with Gasteiger partial charge in [0, 0.05) is 25.2 Å². The van der Waals surface area contributed by atoms with Crippen LogP contribution in [0.5, 0.6) is 0 Å². The van der Waals surface area contributed by atoms with Crippen molar-refractivity contribution >= 4 is 19.1 Å². The third-order valence-electron chi connectivity index (χ3n) is 7.87. The highest BCUT2D eigenvalue weighted by atomic mass is 16.6. The van der Waals surface area contributed by atoms with Gasteiger partial charge in [0.2, 0.25) is 0 Å². The molecule has 2 saturated heterocycles.